The third kappa shape index (κ3) is 9.75. The summed E-state index contributed by atoms with van der Waals surface area (Å²) in [6.45, 7) is 2.05. The van der Waals surface area contributed by atoms with Gasteiger partial charge in [-0.1, -0.05) is 36.4 Å². The van der Waals surface area contributed by atoms with Crippen molar-refractivity contribution in [1.82, 2.24) is 0 Å². The molecule has 0 fully saturated rings. The summed E-state index contributed by atoms with van der Waals surface area (Å²) in [6, 6.07) is 14.6. The van der Waals surface area contributed by atoms with E-state index in [0.29, 0.717) is 6.61 Å². The van der Waals surface area contributed by atoms with Crippen LogP contribution in [0.4, 0.5) is 11.4 Å². The fourth-order valence-electron chi connectivity index (χ4n) is 4.48. The van der Waals surface area contributed by atoms with Crippen molar-refractivity contribution in [3.05, 3.63) is 112 Å². The van der Waals surface area contributed by atoms with E-state index in [4.69, 9.17) is 21.6 Å². The summed E-state index contributed by atoms with van der Waals surface area (Å²) >= 11 is 0. The van der Waals surface area contributed by atoms with Crippen molar-refractivity contribution in [3.63, 3.8) is 0 Å². The Morgan fingerprint density at radius 1 is 0.830 bits per heavy atom. The Labute approximate surface area is 316 Å². The normalized spacial score (nSPS) is 15.3. The monoisotopic (exact) mass is 717 g/mol. The molecule has 0 spiro atoms. The SMILES string of the molecule is C1=Cc2ccccc2OC1.CC1=CC(=C(c2ccc(N)c(S(=O)(=O)[O-])c2)c2ccc(N)c(S(=O)(=O)O)c2)C=C(S(=O)(=O)[O-])C1=N.[Na+].[Na+]. The minimum Gasteiger partial charge on any atom is -0.744 e. The number of ether oxygens (including phenoxy) is 1. The Hall–Kier alpha value is -2.58. The van der Waals surface area contributed by atoms with E-state index in [1.54, 1.807) is 0 Å². The second kappa shape index (κ2) is 15.8. The predicted molar refractivity (Wildman–Crippen MR) is 166 cm³/mol. The van der Waals surface area contributed by atoms with Gasteiger partial charge in [-0.2, -0.15) is 8.42 Å². The summed E-state index contributed by atoms with van der Waals surface area (Å²) < 4.78 is 109. The van der Waals surface area contributed by atoms with Crippen LogP contribution in [-0.2, 0) is 30.4 Å². The van der Waals surface area contributed by atoms with Gasteiger partial charge in [0, 0.05) is 11.3 Å². The molecule has 1 aliphatic heterocycles. The van der Waals surface area contributed by atoms with E-state index in [2.05, 4.69) is 6.08 Å². The molecule has 0 aromatic heterocycles. The molecule has 0 saturated heterocycles. The van der Waals surface area contributed by atoms with Crippen molar-refractivity contribution in [2.24, 2.45) is 0 Å². The maximum atomic E-state index is 11.8. The second-order valence-corrected chi connectivity index (χ2v) is 13.8. The van der Waals surface area contributed by atoms with Gasteiger partial charge < -0.3 is 25.3 Å². The number of fused-ring (bicyclic) bond motifs is 1. The average molecular weight is 718 g/mol. The fraction of sp³-hybridized carbons (Fsp3) is 0.0690. The largest absolute Gasteiger partial charge is 1.00 e. The molecule has 0 bridgehead atoms. The summed E-state index contributed by atoms with van der Waals surface area (Å²) in [5.41, 5.74) is 11.1. The van der Waals surface area contributed by atoms with Crippen molar-refractivity contribution >= 4 is 59.1 Å². The minimum atomic E-state index is -5.13. The van der Waals surface area contributed by atoms with E-state index in [9.17, 15) is 38.9 Å². The number of benzene rings is 3. The van der Waals surface area contributed by atoms with Gasteiger partial charge in [-0.25, -0.2) is 16.8 Å². The molecule has 13 nitrogen and oxygen atoms in total. The van der Waals surface area contributed by atoms with E-state index < -0.39 is 50.8 Å². The van der Waals surface area contributed by atoms with Crippen molar-refractivity contribution in [3.8, 4) is 5.75 Å². The van der Waals surface area contributed by atoms with Crippen LogP contribution in [0.15, 0.2) is 105 Å². The standard InChI is InChI=1S/C20H19N3O9S3.C9H8O.2Na/c1-10-6-13(9-18(20(10)23)35(30,31)32)19(11-2-4-14(21)16(7-11)33(24,25)26)12-3-5-15(22)17(8-12)34(27,28)29;1-2-6-9-8(4-1)5-3-7-10-9;;/h2-9,23H,21-22H2,1H3,(H,24,25,26)(H,27,28,29)(H,30,31,32);1-6H,7H2;;/q;;2*+1/p-2. The first-order valence-electron chi connectivity index (χ1n) is 12.7. The van der Waals surface area contributed by atoms with Gasteiger partial charge in [-0.3, -0.25) is 9.96 Å². The van der Waals surface area contributed by atoms with Crippen molar-refractivity contribution in [2.75, 3.05) is 18.1 Å². The molecule has 3 aromatic rings. The molecule has 1 aliphatic carbocycles. The molecule has 0 atom stereocenters. The van der Waals surface area contributed by atoms with Crippen LogP contribution in [0.5, 0.6) is 5.75 Å². The number of allylic oxidation sites excluding steroid dienone is 5. The second-order valence-electron chi connectivity index (χ2n) is 9.68. The predicted octanol–water partition coefficient (Wildman–Crippen LogP) is -2.69. The molecule has 236 valence electrons. The molecule has 47 heavy (non-hydrogen) atoms. The van der Waals surface area contributed by atoms with Crippen LogP contribution in [0.2, 0.25) is 0 Å². The molecule has 0 unspecified atom stereocenters. The first-order chi connectivity index (χ1) is 20.9. The number of rotatable bonds is 5. The van der Waals surface area contributed by atoms with E-state index in [1.807, 2.05) is 30.3 Å². The quantitative estimate of drug-likeness (QED) is 0.120. The van der Waals surface area contributed by atoms with Crippen LogP contribution in [0.1, 0.15) is 23.6 Å². The third-order valence-corrected chi connectivity index (χ3v) is 9.22. The van der Waals surface area contributed by atoms with Gasteiger partial charge in [-0.15, -0.1) is 0 Å². The van der Waals surface area contributed by atoms with Gasteiger partial charge in [0.05, 0.1) is 21.2 Å². The zero-order valence-corrected chi connectivity index (χ0v) is 31.7. The van der Waals surface area contributed by atoms with Crippen LogP contribution in [-0.4, -0.2) is 51.2 Å². The smallest absolute Gasteiger partial charge is 0.744 e. The summed E-state index contributed by atoms with van der Waals surface area (Å²) in [7, 11) is -15.0. The van der Waals surface area contributed by atoms with E-state index >= 15 is 0 Å². The van der Waals surface area contributed by atoms with Crippen LogP contribution in [0.25, 0.3) is 11.6 Å². The number of nitrogen functional groups attached to an aromatic ring is 2. The summed E-state index contributed by atoms with van der Waals surface area (Å²) in [4.78, 5) is -2.39. The summed E-state index contributed by atoms with van der Waals surface area (Å²) in [5.74, 6) is 0.991. The van der Waals surface area contributed by atoms with Crippen LogP contribution < -0.4 is 75.3 Å². The minimum absolute atomic E-state index is 0. The first kappa shape index (κ1) is 40.6. The topological polar surface area (TPSA) is 254 Å². The van der Waals surface area contributed by atoms with Gasteiger partial charge in [0.25, 0.3) is 10.1 Å². The molecule has 1 heterocycles. The molecule has 18 heteroatoms. The number of hydrogen-bond acceptors (Lipinski definition) is 12. The van der Waals surface area contributed by atoms with Gasteiger partial charge >= 0.3 is 59.1 Å². The van der Waals surface area contributed by atoms with E-state index in [1.165, 1.54) is 30.7 Å². The molecule has 0 radical (unpaired) electrons. The molecular formula is C29H25N3Na2O10S3. The van der Waals surface area contributed by atoms with Gasteiger partial charge in [0.15, 0.2) is 0 Å². The number of para-hydroxylation sites is 1. The summed E-state index contributed by atoms with van der Waals surface area (Å²) in [6.07, 6.45) is 6.26. The number of nitrogens with two attached hydrogens (primary N) is 2. The van der Waals surface area contributed by atoms with E-state index in [0.717, 1.165) is 36.1 Å². The van der Waals surface area contributed by atoms with Crippen LogP contribution >= 0.6 is 0 Å². The first-order valence-corrected chi connectivity index (χ1v) is 16.9. The molecule has 2 aliphatic rings. The number of nitrogens with one attached hydrogen (secondary N) is 1. The van der Waals surface area contributed by atoms with E-state index in [-0.39, 0.29) is 98.3 Å². The molecule has 6 N–H and O–H groups in total. The molecule has 0 saturated carbocycles. The Bertz CT molecular complexity index is 2110. The van der Waals surface area contributed by atoms with Crippen LogP contribution in [0.3, 0.4) is 0 Å². The Morgan fingerprint density at radius 3 is 1.91 bits per heavy atom. The Kier molecular flexibility index (Phi) is 13.6. The maximum absolute atomic E-state index is 11.8. The number of anilines is 2. The Morgan fingerprint density at radius 2 is 1.38 bits per heavy atom. The molecule has 5 rings (SSSR count). The molecule has 0 amide bonds. The average Bonchev–Trinajstić information content (AvgIpc) is 2.95. The summed E-state index contributed by atoms with van der Waals surface area (Å²) in [5, 5.41) is 7.93. The zero-order chi connectivity index (χ0) is 33.3. The van der Waals surface area contributed by atoms with Crippen molar-refractivity contribution < 1.29 is 103 Å². The Balaban J connectivity index is 0.000000541. The van der Waals surface area contributed by atoms with Crippen molar-refractivity contribution in [1.29, 1.82) is 5.41 Å². The molecular weight excluding hydrogens is 693 g/mol. The van der Waals surface area contributed by atoms with Gasteiger partial charge in [-0.05, 0) is 83.3 Å². The van der Waals surface area contributed by atoms with Crippen molar-refractivity contribution in [2.45, 2.75) is 16.7 Å². The zero-order valence-electron chi connectivity index (χ0n) is 25.3. The third-order valence-electron chi connectivity index (χ3n) is 6.56. The number of hydrogen-bond donors (Lipinski definition) is 4. The van der Waals surface area contributed by atoms with Gasteiger partial charge in [0.2, 0.25) is 0 Å². The van der Waals surface area contributed by atoms with Gasteiger partial charge in [0.1, 0.15) is 37.5 Å². The molecule has 3 aromatic carbocycles. The fourth-order valence-corrected chi connectivity index (χ4v) is 6.43. The van der Waals surface area contributed by atoms with Crippen LogP contribution in [0, 0.1) is 5.41 Å². The maximum Gasteiger partial charge on any atom is 1.00 e.